The molecule has 4 heteroatoms. The Morgan fingerprint density at radius 2 is 2.13 bits per heavy atom. The minimum absolute atomic E-state index is 0.0850. The number of rotatable bonds is 3. The van der Waals surface area contributed by atoms with E-state index in [2.05, 4.69) is 44.4 Å². The average Bonchev–Trinajstić information content (AvgIpc) is 2.45. The van der Waals surface area contributed by atoms with Gasteiger partial charge in [0, 0.05) is 18.8 Å². The molecule has 0 amide bonds. The van der Waals surface area contributed by atoms with Crippen molar-refractivity contribution in [2.45, 2.75) is 40.2 Å². The maximum absolute atomic E-state index is 5.64. The lowest BCUT2D eigenvalue weighted by Gasteiger charge is -2.29. The van der Waals surface area contributed by atoms with E-state index in [0.29, 0.717) is 0 Å². The van der Waals surface area contributed by atoms with Crippen LogP contribution in [0.3, 0.4) is 0 Å². The molecule has 4 nitrogen and oxygen atoms in total. The summed E-state index contributed by atoms with van der Waals surface area (Å²) in [6, 6.07) is 0.140. The smallest absolute Gasteiger partial charge is 0.0670 e. The second-order valence-corrected chi connectivity index (χ2v) is 5.02. The summed E-state index contributed by atoms with van der Waals surface area (Å²) >= 11 is 0. The van der Waals surface area contributed by atoms with E-state index in [-0.39, 0.29) is 11.5 Å². The lowest BCUT2D eigenvalue weighted by atomic mass is 9.82. The van der Waals surface area contributed by atoms with Gasteiger partial charge < -0.3 is 0 Å². The average molecular weight is 210 g/mol. The number of nitrogens with one attached hydrogen (secondary N) is 1. The van der Waals surface area contributed by atoms with Crippen LogP contribution in [-0.2, 0) is 13.5 Å². The third-order valence-electron chi connectivity index (χ3n) is 2.62. The molecule has 0 bridgehead atoms. The van der Waals surface area contributed by atoms with Crippen LogP contribution in [0, 0.1) is 5.41 Å². The van der Waals surface area contributed by atoms with Crippen molar-refractivity contribution in [3.63, 3.8) is 0 Å². The molecular weight excluding hydrogens is 188 g/mol. The monoisotopic (exact) mass is 210 g/mol. The fourth-order valence-electron chi connectivity index (χ4n) is 1.88. The summed E-state index contributed by atoms with van der Waals surface area (Å²) in [6.07, 6.45) is 2.99. The molecule has 0 saturated heterocycles. The molecule has 1 aromatic heterocycles. The van der Waals surface area contributed by atoms with Gasteiger partial charge in [-0.05, 0) is 11.8 Å². The Balaban J connectivity index is 3.11. The zero-order chi connectivity index (χ0) is 11.6. The van der Waals surface area contributed by atoms with Crippen molar-refractivity contribution < 1.29 is 0 Å². The number of hydrazine groups is 1. The Morgan fingerprint density at radius 1 is 1.53 bits per heavy atom. The summed E-state index contributed by atoms with van der Waals surface area (Å²) in [4.78, 5) is 0. The molecule has 1 aromatic rings. The highest BCUT2D eigenvalue weighted by Gasteiger charge is 2.28. The van der Waals surface area contributed by atoms with E-state index in [1.807, 2.05) is 11.7 Å². The van der Waals surface area contributed by atoms with E-state index in [0.717, 1.165) is 12.1 Å². The van der Waals surface area contributed by atoms with E-state index >= 15 is 0 Å². The highest BCUT2D eigenvalue weighted by atomic mass is 15.3. The van der Waals surface area contributed by atoms with Crippen LogP contribution in [0.25, 0.3) is 0 Å². The topological polar surface area (TPSA) is 55.9 Å². The van der Waals surface area contributed by atoms with Gasteiger partial charge in [-0.3, -0.25) is 16.0 Å². The minimum Gasteiger partial charge on any atom is -0.275 e. The second kappa shape index (κ2) is 4.33. The van der Waals surface area contributed by atoms with Crippen molar-refractivity contribution in [3.05, 3.63) is 17.5 Å². The lowest BCUT2D eigenvalue weighted by Crippen LogP contribution is -2.37. The highest BCUT2D eigenvalue weighted by molar-refractivity contribution is 5.23. The summed E-state index contributed by atoms with van der Waals surface area (Å²) in [5.41, 5.74) is 5.30. The lowest BCUT2D eigenvalue weighted by molar-refractivity contribution is 0.274. The minimum atomic E-state index is 0.0850. The number of aromatic nitrogens is 2. The fraction of sp³-hybridized carbons (Fsp3) is 0.727. The largest absolute Gasteiger partial charge is 0.275 e. The zero-order valence-electron chi connectivity index (χ0n) is 10.3. The van der Waals surface area contributed by atoms with Gasteiger partial charge in [0.05, 0.1) is 11.7 Å². The first-order valence-corrected chi connectivity index (χ1v) is 5.38. The fourth-order valence-corrected chi connectivity index (χ4v) is 1.88. The van der Waals surface area contributed by atoms with Crippen molar-refractivity contribution in [1.29, 1.82) is 0 Å². The zero-order valence-corrected chi connectivity index (χ0v) is 10.3. The molecule has 0 saturated carbocycles. The van der Waals surface area contributed by atoms with Gasteiger partial charge in [0.25, 0.3) is 0 Å². The summed E-state index contributed by atoms with van der Waals surface area (Å²) in [5, 5.41) is 4.43. The van der Waals surface area contributed by atoms with E-state index < -0.39 is 0 Å². The normalized spacial score (nSPS) is 14.3. The molecule has 86 valence electrons. The Morgan fingerprint density at radius 3 is 2.53 bits per heavy atom. The Hall–Kier alpha value is -0.870. The first kappa shape index (κ1) is 12.2. The van der Waals surface area contributed by atoms with Crippen LogP contribution >= 0.6 is 0 Å². The van der Waals surface area contributed by atoms with Gasteiger partial charge in [0.2, 0.25) is 0 Å². The first-order chi connectivity index (χ1) is 6.90. The summed E-state index contributed by atoms with van der Waals surface area (Å²) in [6.45, 7) is 8.62. The molecule has 0 spiro atoms. The van der Waals surface area contributed by atoms with Crippen LogP contribution in [0.15, 0.2) is 6.20 Å². The number of aryl methyl sites for hydroxylation is 2. The van der Waals surface area contributed by atoms with Crippen LogP contribution in [0.4, 0.5) is 0 Å². The predicted octanol–water partition coefficient (Wildman–Crippen LogP) is 1.53. The van der Waals surface area contributed by atoms with E-state index in [1.165, 1.54) is 5.56 Å². The van der Waals surface area contributed by atoms with Crippen molar-refractivity contribution in [1.82, 2.24) is 15.2 Å². The molecule has 0 aromatic carbocycles. The molecule has 1 rings (SSSR count). The molecule has 1 unspecified atom stereocenters. The number of nitrogens with zero attached hydrogens (tertiary/aromatic N) is 2. The molecule has 0 aliphatic carbocycles. The predicted molar refractivity (Wildman–Crippen MR) is 62.1 cm³/mol. The third kappa shape index (κ3) is 2.58. The quantitative estimate of drug-likeness (QED) is 0.587. The van der Waals surface area contributed by atoms with E-state index in [9.17, 15) is 0 Å². The summed E-state index contributed by atoms with van der Waals surface area (Å²) in [7, 11) is 1.94. The van der Waals surface area contributed by atoms with Crippen LogP contribution in [0.5, 0.6) is 0 Å². The first-order valence-electron chi connectivity index (χ1n) is 5.38. The number of hydrogen-bond acceptors (Lipinski definition) is 3. The van der Waals surface area contributed by atoms with Gasteiger partial charge in [-0.15, -0.1) is 0 Å². The second-order valence-electron chi connectivity index (χ2n) is 5.02. The van der Waals surface area contributed by atoms with Crippen molar-refractivity contribution in [2.24, 2.45) is 18.3 Å². The van der Waals surface area contributed by atoms with Crippen molar-refractivity contribution in [3.8, 4) is 0 Å². The molecule has 1 atom stereocenters. The van der Waals surface area contributed by atoms with Gasteiger partial charge in [0.15, 0.2) is 0 Å². The molecule has 15 heavy (non-hydrogen) atoms. The standard InChI is InChI=1S/C11H22N4/c1-6-9-8(7-15(5)14-9)10(13-12)11(2,3)4/h7,10,13H,6,12H2,1-5H3. The van der Waals surface area contributed by atoms with Gasteiger partial charge >= 0.3 is 0 Å². The third-order valence-corrected chi connectivity index (χ3v) is 2.62. The molecule has 3 N–H and O–H groups in total. The maximum Gasteiger partial charge on any atom is 0.0670 e. The number of hydrogen-bond donors (Lipinski definition) is 2. The van der Waals surface area contributed by atoms with Gasteiger partial charge in [-0.2, -0.15) is 5.10 Å². The summed E-state index contributed by atoms with van der Waals surface area (Å²) in [5.74, 6) is 5.64. The maximum atomic E-state index is 5.64. The molecular formula is C11H22N4. The van der Waals surface area contributed by atoms with Gasteiger partial charge in [-0.25, -0.2) is 0 Å². The Kier molecular flexibility index (Phi) is 3.52. The van der Waals surface area contributed by atoms with Gasteiger partial charge in [0.1, 0.15) is 0 Å². The van der Waals surface area contributed by atoms with Crippen LogP contribution in [0.1, 0.15) is 45.0 Å². The molecule has 0 aliphatic heterocycles. The van der Waals surface area contributed by atoms with Gasteiger partial charge in [-0.1, -0.05) is 27.7 Å². The van der Waals surface area contributed by atoms with E-state index in [4.69, 9.17) is 5.84 Å². The molecule has 0 radical (unpaired) electrons. The highest BCUT2D eigenvalue weighted by Crippen LogP contribution is 2.33. The Labute approximate surface area is 91.8 Å². The molecule has 1 heterocycles. The van der Waals surface area contributed by atoms with Crippen LogP contribution in [0.2, 0.25) is 0 Å². The number of nitrogens with two attached hydrogens (primary N) is 1. The van der Waals surface area contributed by atoms with E-state index in [1.54, 1.807) is 0 Å². The van der Waals surface area contributed by atoms with Crippen molar-refractivity contribution in [2.75, 3.05) is 0 Å². The SMILES string of the molecule is CCc1nn(C)cc1C(NN)C(C)(C)C. The van der Waals surface area contributed by atoms with Crippen LogP contribution in [-0.4, -0.2) is 9.78 Å². The van der Waals surface area contributed by atoms with Crippen LogP contribution < -0.4 is 11.3 Å². The summed E-state index contributed by atoms with van der Waals surface area (Å²) < 4.78 is 1.85. The molecule has 0 aliphatic rings. The van der Waals surface area contributed by atoms with Crippen molar-refractivity contribution >= 4 is 0 Å². The molecule has 0 fully saturated rings. The Bertz CT molecular complexity index is 322.